The predicted molar refractivity (Wildman–Crippen MR) is 92.5 cm³/mol. The Balaban J connectivity index is 1.69. The van der Waals surface area contributed by atoms with E-state index < -0.39 is 0 Å². The number of amides is 1. The van der Waals surface area contributed by atoms with Crippen LogP contribution in [-0.4, -0.2) is 48.2 Å². The first-order valence-electron chi connectivity index (χ1n) is 7.90. The van der Waals surface area contributed by atoms with E-state index in [1.165, 1.54) is 6.08 Å². The fourth-order valence-corrected chi connectivity index (χ4v) is 2.84. The van der Waals surface area contributed by atoms with Gasteiger partial charge in [-0.2, -0.15) is 5.10 Å². The molecule has 0 unspecified atom stereocenters. The van der Waals surface area contributed by atoms with E-state index in [-0.39, 0.29) is 11.9 Å². The quantitative estimate of drug-likeness (QED) is 0.521. The summed E-state index contributed by atoms with van der Waals surface area (Å²) in [5.41, 5.74) is 2.28. The highest BCUT2D eigenvalue weighted by Gasteiger charge is 2.32. The van der Waals surface area contributed by atoms with Gasteiger partial charge in [-0.1, -0.05) is 6.58 Å². The molecule has 0 spiro atoms. The minimum absolute atomic E-state index is 0.0584. The Hall–Kier alpha value is -3.40. The van der Waals surface area contributed by atoms with Crippen molar-refractivity contribution in [3.05, 3.63) is 54.9 Å². The Morgan fingerprint density at radius 2 is 2.24 bits per heavy atom. The van der Waals surface area contributed by atoms with E-state index in [0.717, 1.165) is 16.7 Å². The smallest absolute Gasteiger partial charge is 0.246 e. The molecule has 124 valence electrons. The van der Waals surface area contributed by atoms with E-state index in [1.807, 2.05) is 28.4 Å². The molecule has 1 saturated heterocycles. The number of aryl methyl sites for hydroxylation is 1. The molecule has 1 aliphatic rings. The van der Waals surface area contributed by atoms with Crippen LogP contribution in [0.1, 0.15) is 17.4 Å². The summed E-state index contributed by atoms with van der Waals surface area (Å²) in [4.78, 5) is 21.9. The lowest BCUT2D eigenvalue weighted by Gasteiger charge is -2.38. The van der Waals surface area contributed by atoms with E-state index in [2.05, 4.69) is 33.5 Å². The van der Waals surface area contributed by atoms with Crippen molar-refractivity contribution >= 4 is 16.9 Å². The zero-order valence-electron chi connectivity index (χ0n) is 13.8. The predicted octanol–water partition coefficient (Wildman–Crippen LogP) is 1.13. The molecule has 1 fully saturated rings. The van der Waals surface area contributed by atoms with Crippen molar-refractivity contribution < 1.29 is 4.79 Å². The normalized spacial score (nSPS) is 14.0. The van der Waals surface area contributed by atoms with Gasteiger partial charge in [0.1, 0.15) is 11.4 Å². The van der Waals surface area contributed by atoms with Crippen LogP contribution in [0.5, 0.6) is 0 Å². The molecule has 0 aliphatic carbocycles. The number of likely N-dealkylation sites (tertiary alicyclic amines) is 1. The Kier molecular flexibility index (Phi) is 3.58. The molecule has 4 rings (SSSR count). The second-order valence-corrected chi connectivity index (χ2v) is 5.91. The van der Waals surface area contributed by atoms with Crippen molar-refractivity contribution in [3.8, 4) is 11.8 Å². The number of fused-ring (bicyclic) bond motifs is 1. The zero-order chi connectivity index (χ0) is 17.4. The lowest BCUT2D eigenvalue weighted by atomic mass is 10.1. The average Bonchev–Trinajstić information content (AvgIpc) is 3.15. The van der Waals surface area contributed by atoms with Crippen molar-refractivity contribution in [1.29, 1.82) is 0 Å². The molecule has 4 heterocycles. The van der Waals surface area contributed by atoms with Gasteiger partial charge in [0, 0.05) is 26.3 Å². The van der Waals surface area contributed by atoms with Crippen LogP contribution in [0.25, 0.3) is 11.0 Å². The Morgan fingerprint density at radius 3 is 2.96 bits per heavy atom. The Labute approximate surface area is 144 Å². The molecule has 3 aromatic rings. The van der Waals surface area contributed by atoms with E-state index in [9.17, 15) is 4.79 Å². The molecular formula is C18H16N6O. The van der Waals surface area contributed by atoms with Crippen LogP contribution in [0.2, 0.25) is 0 Å². The van der Waals surface area contributed by atoms with Gasteiger partial charge in [-0.3, -0.25) is 4.79 Å². The number of carbonyl (C=O) groups excluding carboxylic acids is 1. The van der Waals surface area contributed by atoms with Crippen molar-refractivity contribution in [2.45, 2.75) is 6.04 Å². The summed E-state index contributed by atoms with van der Waals surface area (Å²) in [6.45, 7) is 4.73. The van der Waals surface area contributed by atoms with Crippen molar-refractivity contribution in [1.82, 2.24) is 29.2 Å². The molecule has 0 bridgehead atoms. The maximum atomic E-state index is 11.6. The molecule has 1 aliphatic heterocycles. The number of nitrogens with zero attached hydrogens (tertiary/aromatic N) is 6. The average molecular weight is 332 g/mol. The summed E-state index contributed by atoms with van der Waals surface area (Å²) < 4.78 is 3.73. The highest BCUT2D eigenvalue weighted by Crippen LogP contribution is 2.26. The number of hydrogen-bond donors (Lipinski definition) is 0. The van der Waals surface area contributed by atoms with Crippen LogP contribution in [0.4, 0.5) is 0 Å². The summed E-state index contributed by atoms with van der Waals surface area (Å²) in [5, 5.41) is 5.56. The highest BCUT2D eigenvalue weighted by molar-refractivity contribution is 5.88. The minimum Gasteiger partial charge on any atom is -0.335 e. The van der Waals surface area contributed by atoms with E-state index in [0.29, 0.717) is 18.8 Å². The van der Waals surface area contributed by atoms with Crippen LogP contribution in [0, 0.1) is 11.8 Å². The third-order valence-corrected chi connectivity index (χ3v) is 4.29. The molecule has 7 nitrogen and oxygen atoms in total. The molecule has 0 aromatic carbocycles. The number of imidazole rings is 1. The summed E-state index contributed by atoms with van der Waals surface area (Å²) in [7, 11) is 1.90. The van der Waals surface area contributed by atoms with E-state index in [1.54, 1.807) is 23.6 Å². The molecule has 0 N–H and O–H groups in total. The molecular weight excluding hydrogens is 316 g/mol. The lowest BCUT2D eigenvalue weighted by molar-refractivity contribution is -0.131. The first kappa shape index (κ1) is 15.1. The fourth-order valence-electron chi connectivity index (χ4n) is 2.84. The summed E-state index contributed by atoms with van der Waals surface area (Å²) >= 11 is 0. The first-order valence-corrected chi connectivity index (χ1v) is 7.90. The van der Waals surface area contributed by atoms with Gasteiger partial charge < -0.3 is 9.47 Å². The molecule has 3 aromatic heterocycles. The van der Waals surface area contributed by atoms with Gasteiger partial charge in [-0.25, -0.2) is 14.6 Å². The maximum Gasteiger partial charge on any atom is 0.246 e. The van der Waals surface area contributed by atoms with E-state index in [4.69, 9.17) is 0 Å². The summed E-state index contributed by atoms with van der Waals surface area (Å²) in [6.07, 6.45) is 6.50. The summed E-state index contributed by atoms with van der Waals surface area (Å²) in [5.74, 6) is 6.16. The number of pyridine rings is 1. The molecule has 0 saturated carbocycles. The van der Waals surface area contributed by atoms with Crippen molar-refractivity contribution in [2.75, 3.05) is 13.1 Å². The Morgan fingerprint density at radius 1 is 1.40 bits per heavy atom. The SMILES string of the molecule is C=CC(=O)N1CC(n2nc(C#Cc3cncn3C)c3cccnc32)C1. The van der Waals surface area contributed by atoms with Gasteiger partial charge in [0.15, 0.2) is 5.65 Å². The van der Waals surface area contributed by atoms with Gasteiger partial charge in [-0.15, -0.1) is 0 Å². The second kappa shape index (κ2) is 5.91. The van der Waals surface area contributed by atoms with Gasteiger partial charge in [0.05, 0.1) is 24.0 Å². The van der Waals surface area contributed by atoms with E-state index >= 15 is 0 Å². The molecule has 1 amide bonds. The zero-order valence-corrected chi connectivity index (χ0v) is 13.8. The largest absolute Gasteiger partial charge is 0.335 e. The second-order valence-electron chi connectivity index (χ2n) is 5.91. The Bertz CT molecular complexity index is 1030. The molecule has 7 heteroatoms. The third kappa shape index (κ3) is 2.58. The van der Waals surface area contributed by atoms with Crippen LogP contribution in [0.15, 0.2) is 43.5 Å². The topological polar surface area (TPSA) is 68.8 Å². The summed E-state index contributed by atoms with van der Waals surface area (Å²) in [6, 6.07) is 3.94. The maximum absolute atomic E-state index is 11.6. The first-order chi connectivity index (χ1) is 12.2. The van der Waals surface area contributed by atoms with Crippen molar-refractivity contribution in [3.63, 3.8) is 0 Å². The fraction of sp³-hybridized carbons (Fsp3) is 0.222. The highest BCUT2D eigenvalue weighted by atomic mass is 16.2. The number of carbonyl (C=O) groups is 1. The van der Waals surface area contributed by atoms with Crippen LogP contribution < -0.4 is 0 Å². The molecule has 25 heavy (non-hydrogen) atoms. The lowest BCUT2D eigenvalue weighted by Crippen LogP contribution is -2.50. The van der Waals surface area contributed by atoms with Crippen molar-refractivity contribution in [2.24, 2.45) is 7.05 Å². The van der Waals surface area contributed by atoms with Crippen LogP contribution in [-0.2, 0) is 11.8 Å². The third-order valence-electron chi connectivity index (χ3n) is 4.29. The monoisotopic (exact) mass is 332 g/mol. The van der Waals surface area contributed by atoms with Gasteiger partial charge in [0.25, 0.3) is 0 Å². The van der Waals surface area contributed by atoms with Crippen LogP contribution in [0.3, 0.4) is 0 Å². The number of rotatable bonds is 2. The van der Waals surface area contributed by atoms with Crippen LogP contribution >= 0.6 is 0 Å². The molecule has 0 radical (unpaired) electrons. The number of hydrogen-bond acceptors (Lipinski definition) is 4. The van der Waals surface area contributed by atoms with Gasteiger partial charge in [0.2, 0.25) is 5.91 Å². The standard InChI is InChI=1S/C18H16N6O/c1-3-17(25)23-10-14(11-23)24-18-15(5-4-8-20-18)16(21-24)7-6-13-9-19-12-22(13)2/h3-5,8-9,12,14H,1,10-11H2,2H3. The van der Waals surface area contributed by atoms with Gasteiger partial charge >= 0.3 is 0 Å². The minimum atomic E-state index is -0.0584. The number of aromatic nitrogens is 5. The van der Waals surface area contributed by atoms with Gasteiger partial charge in [-0.05, 0) is 30.0 Å². The molecule has 0 atom stereocenters.